The van der Waals surface area contributed by atoms with E-state index < -0.39 is 4.92 Å². The highest BCUT2D eigenvalue weighted by Gasteiger charge is 2.13. The van der Waals surface area contributed by atoms with Crippen molar-refractivity contribution in [3.8, 4) is 0 Å². The Labute approximate surface area is 189 Å². The summed E-state index contributed by atoms with van der Waals surface area (Å²) in [6, 6.07) is 5.95. The predicted octanol–water partition coefficient (Wildman–Crippen LogP) is 2.26. The number of carbonyl (C=O) groups excluding carboxylic acids is 1. The molecule has 3 rings (SSSR count). The largest absolute Gasteiger partial charge is 0.383 e. The number of hydrogen-bond acceptors (Lipinski definition) is 9. The number of nitrogens with zero attached hydrogens (tertiary/aromatic N) is 5. The molecule has 1 amide bonds. The number of aromatic nitrogens is 4. The van der Waals surface area contributed by atoms with Crippen LogP contribution < -0.4 is 10.6 Å². The average molecular weight is 460 g/mol. The van der Waals surface area contributed by atoms with Crippen molar-refractivity contribution < 1.29 is 14.5 Å². The summed E-state index contributed by atoms with van der Waals surface area (Å²) in [7, 11) is 1.64. The molecule has 0 saturated heterocycles. The molecular weight excluding hydrogens is 434 g/mol. The van der Waals surface area contributed by atoms with Crippen LogP contribution >= 0.6 is 11.8 Å². The molecule has 12 heteroatoms. The van der Waals surface area contributed by atoms with Crippen molar-refractivity contribution in [2.75, 3.05) is 37.9 Å². The van der Waals surface area contributed by atoms with E-state index in [1.807, 2.05) is 6.92 Å². The number of ether oxygens (including phenoxy) is 1. The van der Waals surface area contributed by atoms with Crippen LogP contribution in [0.2, 0.25) is 0 Å². The normalized spacial score (nSPS) is 10.9. The van der Waals surface area contributed by atoms with E-state index in [1.54, 1.807) is 41.9 Å². The topological polar surface area (TPSA) is 137 Å². The van der Waals surface area contributed by atoms with Gasteiger partial charge in [0.1, 0.15) is 5.82 Å². The highest BCUT2D eigenvalue weighted by molar-refractivity contribution is 7.99. The van der Waals surface area contributed by atoms with E-state index in [1.165, 1.54) is 12.1 Å². The Kier molecular flexibility index (Phi) is 8.34. The molecule has 0 aliphatic rings. The first-order valence-corrected chi connectivity index (χ1v) is 11.1. The van der Waals surface area contributed by atoms with Crippen molar-refractivity contribution in [1.29, 1.82) is 0 Å². The second-order valence-corrected chi connectivity index (χ2v) is 7.99. The lowest BCUT2D eigenvalue weighted by molar-refractivity contribution is -0.384. The lowest BCUT2D eigenvalue weighted by Gasteiger charge is -2.09. The number of nitrogens with one attached hydrogen (secondary N) is 2. The molecule has 0 bridgehead atoms. The van der Waals surface area contributed by atoms with Gasteiger partial charge in [0.05, 0.1) is 36.1 Å². The Hall–Kier alpha value is -3.25. The quantitative estimate of drug-likeness (QED) is 0.137. The minimum absolute atomic E-state index is 0.00149. The molecule has 0 aliphatic carbocycles. The third kappa shape index (κ3) is 6.14. The maximum absolute atomic E-state index is 12.2. The summed E-state index contributed by atoms with van der Waals surface area (Å²) in [5, 5.41) is 22.7. The molecule has 0 radical (unpaired) electrons. The lowest BCUT2D eigenvalue weighted by Crippen LogP contribution is -2.28. The molecule has 0 atom stereocenters. The van der Waals surface area contributed by atoms with E-state index >= 15 is 0 Å². The molecule has 0 unspecified atom stereocenters. The van der Waals surface area contributed by atoms with Gasteiger partial charge in [-0.3, -0.25) is 14.9 Å². The molecule has 3 aromatic rings. The fourth-order valence-corrected chi connectivity index (χ4v) is 3.55. The number of nitro groups is 1. The van der Waals surface area contributed by atoms with Gasteiger partial charge >= 0.3 is 0 Å². The van der Waals surface area contributed by atoms with E-state index in [-0.39, 0.29) is 18.0 Å². The molecule has 32 heavy (non-hydrogen) atoms. The summed E-state index contributed by atoms with van der Waals surface area (Å²) < 4.78 is 6.83. The summed E-state index contributed by atoms with van der Waals surface area (Å²) in [5.41, 5.74) is 1.40. The smallest absolute Gasteiger partial charge is 0.269 e. The van der Waals surface area contributed by atoms with Gasteiger partial charge in [-0.15, -0.1) is 0 Å². The van der Waals surface area contributed by atoms with Crippen LogP contribution in [-0.4, -0.2) is 63.1 Å². The standard InChI is InChI=1S/C20H25N7O4S/c1-3-32-20-24-18(22-9-11-31-2)16-13-23-26(19(16)25-20)10-8-21-17(28)12-14-4-6-15(7-5-14)27(29)30/h4-7,13H,3,8-12H2,1-2H3,(H,21,28)(H,22,24,25). The number of fused-ring (bicyclic) bond motifs is 1. The first-order chi connectivity index (χ1) is 15.5. The second kappa shape index (κ2) is 11.4. The van der Waals surface area contributed by atoms with Crippen molar-refractivity contribution >= 4 is 40.2 Å². The average Bonchev–Trinajstić information content (AvgIpc) is 3.17. The van der Waals surface area contributed by atoms with Crippen LogP contribution in [0.15, 0.2) is 35.6 Å². The third-order valence-corrected chi connectivity index (χ3v) is 5.23. The summed E-state index contributed by atoms with van der Waals surface area (Å²) in [4.78, 5) is 31.7. The van der Waals surface area contributed by atoms with Gasteiger partial charge < -0.3 is 15.4 Å². The number of nitro benzene ring substituents is 1. The number of rotatable bonds is 12. The Bertz CT molecular complexity index is 1070. The van der Waals surface area contributed by atoms with E-state index in [9.17, 15) is 14.9 Å². The Morgan fingerprint density at radius 2 is 2.03 bits per heavy atom. The number of anilines is 1. The SMILES string of the molecule is CCSc1nc(NCCOC)c2cnn(CCNC(=O)Cc3ccc([N+](=O)[O-])cc3)c2n1. The number of amides is 1. The zero-order chi connectivity index (χ0) is 22.9. The number of hydrogen-bond donors (Lipinski definition) is 2. The zero-order valence-corrected chi connectivity index (χ0v) is 18.7. The second-order valence-electron chi connectivity index (χ2n) is 6.76. The Morgan fingerprint density at radius 3 is 2.72 bits per heavy atom. The van der Waals surface area contributed by atoms with Crippen LogP contribution in [0.4, 0.5) is 11.5 Å². The third-order valence-electron chi connectivity index (χ3n) is 4.51. The van der Waals surface area contributed by atoms with Gasteiger partial charge in [0, 0.05) is 32.3 Å². The van der Waals surface area contributed by atoms with Crippen LogP contribution in [0.3, 0.4) is 0 Å². The molecule has 0 spiro atoms. The van der Waals surface area contributed by atoms with Gasteiger partial charge in [0.15, 0.2) is 10.8 Å². The molecule has 0 aliphatic heterocycles. The molecule has 2 N–H and O–H groups in total. The van der Waals surface area contributed by atoms with E-state index in [0.717, 1.165) is 11.1 Å². The highest BCUT2D eigenvalue weighted by atomic mass is 32.2. The molecule has 11 nitrogen and oxygen atoms in total. The van der Waals surface area contributed by atoms with Gasteiger partial charge in [-0.2, -0.15) is 5.10 Å². The molecule has 2 aromatic heterocycles. The maximum Gasteiger partial charge on any atom is 0.269 e. The van der Waals surface area contributed by atoms with E-state index in [4.69, 9.17) is 4.74 Å². The van der Waals surface area contributed by atoms with Gasteiger partial charge in [-0.25, -0.2) is 14.6 Å². The summed E-state index contributed by atoms with van der Waals surface area (Å²) in [6.45, 7) is 4.02. The van der Waals surface area contributed by atoms with Gasteiger partial charge in [0.2, 0.25) is 5.91 Å². The number of thioether (sulfide) groups is 1. The molecule has 1 aromatic carbocycles. The van der Waals surface area contributed by atoms with Gasteiger partial charge in [0.25, 0.3) is 5.69 Å². The summed E-state index contributed by atoms with van der Waals surface area (Å²) in [6.07, 6.45) is 1.86. The number of carbonyl (C=O) groups is 1. The van der Waals surface area contributed by atoms with Crippen LogP contribution in [0.1, 0.15) is 12.5 Å². The van der Waals surface area contributed by atoms with Crippen molar-refractivity contribution in [1.82, 2.24) is 25.1 Å². The molecular formula is C20H25N7O4S. The van der Waals surface area contributed by atoms with Crippen molar-refractivity contribution in [2.45, 2.75) is 25.0 Å². The number of methoxy groups -OCH3 is 1. The molecule has 0 saturated carbocycles. The molecule has 0 fully saturated rings. The van der Waals surface area contributed by atoms with Crippen molar-refractivity contribution in [2.24, 2.45) is 0 Å². The van der Waals surface area contributed by atoms with E-state index in [0.29, 0.717) is 48.4 Å². The lowest BCUT2D eigenvalue weighted by atomic mass is 10.1. The van der Waals surface area contributed by atoms with Crippen LogP contribution in [0.25, 0.3) is 11.0 Å². The van der Waals surface area contributed by atoms with Crippen molar-refractivity contribution in [3.05, 3.63) is 46.1 Å². The minimum Gasteiger partial charge on any atom is -0.383 e. The van der Waals surface area contributed by atoms with Crippen LogP contribution in [0.5, 0.6) is 0 Å². The predicted molar refractivity (Wildman–Crippen MR) is 122 cm³/mol. The Morgan fingerprint density at radius 1 is 1.25 bits per heavy atom. The first-order valence-electron chi connectivity index (χ1n) is 10.1. The first kappa shape index (κ1) is 23.4. The Balaban J connectivity index is 1.62. The van der Waals surface area contributed by atoms with Gasteiger partial charge in [-0.1, -0.05) is 30.8 Å². The fraction of sp³-hybridized carbons (Fsp3) is 0.400. The maximum atomic E-state index is 12.2. The fourth-order valence-electron chi connectivity index (χ4n) is 2.98. The summed E-state index contributed by atoms with van der Waals surface area (Å²) in [5.74, 6) is 1.38. The monoisotopic (exact) mass is 459 g/mol. The summed E-state index contributed by atoms with van der Waals surface area (Å²) >= 11 is 1.54. The van der Waals surface area contributed by atoms with Crippen LogP contribution in [0, 0.1) is 10.1 Å². The number of benzene rings is 1. The molecule has 170 valence electrons. The van der Waals surface area contributed by atoms with E-state index in [2.05, 4.69) is 25.7 Å². The highest BCUT2D eigenvalue weighted by Crippen LogP contribution is 2.24. The number of non-ortho nitro benzene ring substituents is 1. The molecule has 2 heterocycles. The zero-order valence-electron chi connectivity index (χ0n) is 17.9. The van der Waals surface area contributed by atoms with Crippen LogP contribution in [-0.2, 0) is 22.5 Å². The van der Waals surface area contributed by atoms with Crippen molar-refractivity contribution in [3.63, 3.8) is 0 Å². The van der Waals surface area contributed by atoms with Gasteiger partial charge in [-0.05, 0) is 11.3 Å². The minimum atomic E-state index is -0.467.